The molecule has 1 aromatic rings. The lowest BCUT2D eigenvalue weighted by Crippen LogP contribution is -2.37. The van der Waals surface area contributed by atoms with E-state index in [0.717, 1.165) is 24.1 Å². The lowest BCUT2D eigenvalue weighted by molar-refractivity contribution is -0.123. The number of aryl methyl sites for hydroxylation is 1. The highest BCUT2D eigenvalue weighted by molar-refractivity contribution is 5.90. The van der Waals surface area contributed by atoms with Gasteiger partial charge in [0.25, 0.3) is 5.91 Å². The van der Waals surface area contributed by atoms with E-state index in [2.05, 4.69) is 5.32 Å². The van der Waals surface area contributed by atoms with Crippen LogP contribution in [0.4, 0.5) is 10.5 Å². The minimum atomic E-state index is -0.467. The van der Waals surface area contributed by atoms with Gasteiger partial charge in [-0.3, -0.25) is 9.69 Å². The number of amides is 2. The lowest BCUT2D eigenvalue weighted by atomic mass is 10.0. The molecule has 0 saturated carbocycles. The van der Waals surface area contributed by atoms with E-state index in [0.29, 0.717) is 6.54 Å². The van der Waals surface area contributed by atoms with Gasteiger partial charge >= 0.3 is 6.09 Å². The highest BCUT2D eigenvalue weighted by Gasteiger charge is 2.23. The maximum Gasteiger partial charge on any atom is 0.414 e. The van der Waals surface area contributed by atoms with E-state index in [1.54, 1.807) is 4.90 Å². The maximum absolute atomic E-state index is 11.9. The molecule has 1 aliphatic heterocycles. The molecule has 1 N–H and O–H groups in total. The summed E-state index contributed by atoms with van der Waals surface area (Å²) in [7, 11) is 1.51. The summed E-state index contributed by atoms with van der Waals surface area (Å²) >= 11 is 0. The van der Waals surface area contributed by atoms with Crippen molar-refractivity contribution >= 4 is 17.7 Å². The number of hydrogen-bond donors (Lipinski definition) is 1. The summed E-state index contributed by atoms with van der Waals surface area (Å²) in [6, 6.07) is 7.75. The fraction of sp³-hybridized carbons (Fsp3) is 0.385. The molecule has 0 atom stereocenters. The third-order valence-electron chi connectivity index (χ3n) is 2.94. The second-order valence-corrected chi connectivity index (χ2v) is 4.11. The number of carbonyl (C=O) groups excluding carboxylic acids is 2. The first-order valence-electron chi connectivity index (χ1n) is 5.95. The molecule has 0 bridgehead atoms. The fourth-order valence-electron chi connectivity index (χ4n) is 2.00. The van der Waals surface area contributed by atoms with Crippen molar-refractivity contribution in [2.75, 3.05) is 25.1 Å². The van der Waals surface area contributed by atoms with Crippen LogP contribution in [0.3, 0.4) is 0 Å². The first kappa shape index (κ1) is 12.4. The summed E-state index contributed by atoms with van der Waals surface area (Å²) in [5.41, 5.74) is 2.02. The zero-order valence-corrected chi connectivity index (χ0v) is 10.3. The molecular weight excluding hydrogens is 232 g/mol. The molecule has 0 radical (unpaired) electrons. The quantitative estimate of drug-likeness (QED) is 0.858. The largest absolute Gasteiger partial charge is 0.439 e. The Morgan fingerprint density at radius 3 is 2.94 bits per heavy atom. The number of hydrogen-bond acceptors (Lipinski definition) is 3. The lowest BCUT2D eigenvalue weighted by Gasteiger charge is -2.28. The molecule has 0 fully saturated rings. The van der Waals surface area contributed by atoms with E-state index < -0.39 is 6.09 Å². The predicted molar refractivity (Wildman–Crippen MR) is 67.5 cm³/mol. The number of likely N-dealkylation sites (N-methyl/N-ethyl adjacent to an activating group) is 1. The van der Waals surface area contributed by atoms with Crippen molar-refractivity contribution in [3.8, 4) is 0 Å². The molecular formula is C13H16N2O3. The van der Waals surface area contributed by atoms with Crippen molar-refractivity contribution in [2.24, 2.45) is 0 Å². The molecule has 5 heteroatoms. The molecule has 0 saturated heterocycles. The Morgan fingerprint density at radius 1 is 1.39 bits per heavy atom. The Kier molecular flexibility index (Phi) is 3.82. The second kappa shape index (κ2) is 5.53. The van der Waals surface area contributed by atoms with E-state index in [9.17, 15) is 9.59 Å². The van der Waals surface area contributed by atoms with Crippen molar-refractivity contribution in [3.63, 3.8) is 0 Å². The predicted octanol–water partition coefficient (Wildman–Crippen LogP) is 1.32. The third-order valence-corrected chi connectivity index (χ3v) is 2.94. The number of carbonyl (C=O) groups is 2. The van der Waals surface area contributed by atoms with Gasteiger partial charge in [0.1, 0.15) is 0 Å². The van der Waals surface area contributed by atoms with Gasteiger partial charge in [-0.15, -0.1) is 0 Å². The van der Waals surface area contributed by atoms with Crippen molar-refractivity contribution in [1.29, 1.82) is 0 Å². The SMILES string of the molecule is CNC(=O)COC(=O)N1CCCc2ccccc21. The van der Waals surface area contributed by atoms with E-state index >= 15 is 0 Å². The summed E-state index contributed by atoms with van der Waals surface area (Å²) < 4.78 is 4.97. The monoisotopic (exact) mass is 248 g/mol. The van der Waals surface area contributed by atoms with Crippen LogP contribution in [0.5, 0.6) is 0 Å². The number of anilines is 1. The van der Waals surface area contributed by atoms with Crippen molar-refractivity contribution in [1.82, 2.24) is 5.32 Å². The number of nitrogens with one attached hydrogen (secondary N) is 1. The third kappa shape index (κ3) is 2.61. The summed E-state index contributed by atoms with van der Waals surface area (Å²) in [4.78, 5) is 24.5. The van der Waals surface area contributed by atoms with Crippen LogP contribution in [0, 0.1) is 0 Å². The van der Waals surface area contributed by atoms with Gasteiger partial charge in [-0.2, -0.15) is 0 Å². The average Bonchev–Trinajstić information content (AvgIpc) is 2.43. The minimum Gasteiger partial charge on any atom is -0.439 e. The molecule has 5 nitrogen and oxygen atoms in total. The molecule has 0 aromatic heterocycles. The van der Waals surface area contributed by atoms with Crippen molar-refractivity contribution in [3.05, 3.63) is 29.8 Å². The van der Waals surface area contributed by atoms with Crippen LogP contribution in [-0.4, -0.2) is 32.2 Å². The molecule has 18 heavy (non-hydrogen) atoms. The Morgan fingerprint density at radius 2 is 2.17 bits per heavy atom. The molecule has 2 amide bonds. The maximum atomic E-state index is 11.9. The minimum absolute atomic E-state index is 0.242. The number of fused-ring (bicyclic) bond motifs is 1. The Bertz CT molecular complexity index is 459. The smallest absolute Gasteiger partial charge is 0.414 e. The second-order valence-electron chi connectivity index (χ2n) is 4.11. The molecule has 1 heterocycles. The molecule has 0 aliphatic carbocycles. The first-order valence-corrected chi connectivity index (χ1v) is 5.95. The van der Waals surface area contributed by atoms with Gasteiger partial charge in [-0.1, -0.05) is 18.2 Å². The van der Waals surface area contributed by atoms with Gasteiger partial charge in [0.05, 0.1) is 5.69 Å². The van der Waals surface area contributed by atoms with Crippen LogP contribution in [0.2, 0.25) is 0 Å². The summed E-state index contributed by atoms with van der Waals surface area (Å²) in [6.07, 6.45) is 1.41. The normalized spacial score (nSPS) is 13.7. The number of benzene rings is 1. The van der Waals surface area contributed by atoms with Crippen LogP contribution in [-0.2, 0) is 16.0 Å². The Labute approximate surface area is 106 Å². The number of rotatable bonds is 2. The highest BCUT2D eigenvalue weighted by atomic mass is 16.6. The summed E-state index contributed by atoms with van der Waals surface area (Å²) in [5, 5.41) is 2.41. The van der Waals surface area contributed by atoms with Gasteiger partial charge in [0, 0.05) is 13.6 Å². The van der Waals surface area contributed by atoms with E-state index in [1.807, 2.05) is 24.3 Å². The molecule has 1 aromatic carbocycles. The standard InChI is InChI=1S/C13H16N2O3/c1-14-12(16)9-18-13(17)15-8-4-6-10-5-2-3-7-11(10)15/h2-3,5,7H,4,6,8-9H2,1H3,(H,14,16). The van der Waals surface area contributed by atoms with Gasteiger partial charge in [-0.25, -0.2) is 4.79 Å². The summed E-state index contributed by atoms with van der Waals surface area (Å²) in [5.74, 6) is -0.311. The van der Waals surface area contributed by atoms with E-state index in [-0.39, 0.29) is 12.5 Å². The van der Waals surface area contributed by atoms with Gasteiger partial charge in [-0.05, 0) is 24.5 Å². The number of nitrogens with zero attached hydrogens (tertiary/aromatic N) is 1. The van der Waals surface area contributed by atoms with E-state index in [4.69, 9.17) is 4.74 Å². The highest BCUT2D eigenvalue weighted by Crippen LogP contribution is 2.26. The first-order chi connectivity index (χ1) is 8.72. The van der Waals surface area contributed by atoms with Gasteiger partial charge < -0.3 is 10.1 Å². The summed E-state index contributed by atoms with van der Waals surface area (Å²) in [6.45, 7) is 0.386. The van der Waals surface area contributed by atoms with Crippen LogP contribution >= 0.6 is 0 Å². The zero-order chi connectivity index (χ0) is 13.0. The van der Waals surface area contributed by atoms with Gasteiger partial charge in [0.15, 0.2) is 6.61 Å². The topological polar surface area (TPSA) is 58.6 Å². The number of para-hydroxylation sites is 1. The van der Waals surface area contributed by atoms with Crippen LogP contribution in [0.15, 0.2) is 24.3 Å². The average molecular weight is 248 g/mol. The molecule has 1 aliphatic rings. The molecule has 96 valence electrons. The Hall–Kier alpha value is -2.04. The van der Waals surface area contributed by atoms with Crippen molar-refractivity contribution < 1.29 is 14.3 Å². The zero-order valence-electron chi connectivity index (χ0n) is 10.3. The fourth-order valence-corrected chi connectivity index (χ4v) is 2.00. The van der Waals surface area contributed by atoms with Crippen molar-refractivity contribution in [2.45, 2.75) is 12.8 Å². The van der Waals surface area contributed by atoms with Crippen LogP contribution in [0.25, 0.3) is 0 Å². The van der Waals surface area contributed by atoms with Gasteiger partial charge in [0.2, 0.25) is 0 Å². The molecule has 2 rings (SSSR count). The number of ether oxygens (including phenoxy) is 1. The van der Waals surface area contributed by atoms with Crippen LogP contribution in [0.1, 0.15) is 12.0 Å². The van der Waals surface area contributed by atoms with E-state index in [1.165, 1.54) is 7.05 Å². The Balaban J connectivity index is 2.06. The van der Waals surface area contributed by atoms with Crippen LogP contribution < -0.4 is 10.2 Å². The molecule has 0 unspecified atom stereocenters. The molecule has 0 spiro atoms.